The molecule has 0 unspecified atom stereocenters. The van der Waals surface area contributed by atoms with Crippen molar-refractivity contribution in [1.82, 2.24) is 4.98 Å². The molecule has 0 atom stereocenters. The van der Waals surface area contributed by atoms with E-state index >= 15 is 0 Å². The van der Waals surface area contributed by atoms with Crippen molar-refractivity contribution in [3.8, 4) is 6.07 Å². The number of benzene rings is 2. The normalized spacial score (nSPS) is 12.0. The van der Waals surface area contributed by atoms with Gasteiger partial charge in [-0.15, -0.1) is 0 Å². The van der Waals surface area contributed by atoms with Crippen LogP contribution in [0.25, 0.3) is 11.6 Å². The lowest BCUT2D eigenvalue weighted by molar-refractivity contribution is 0.593. The molecule has 0 aliphatic carbocycles. The van der Waals surface area contributed by atoms with Crippen molar-refractivity contribution in [3.63, 3.8) is 0 Å². The first-order valence-electron chi connectivity index (χ1n) is 7.57. The predicted molar refractivity (Wildman–Crippen MR) is 104 cm³/mol. The lowest BCUT2D eigenvalue weighted by atomic mass is 10.1. The summed E-state index contributed by atoms with van der Waals surface area (Å²) in [4.78, 5) is 4.27. The monoisotopic (exact) mass is 400 g/mol. The molecule has 0 aliphatic heterocycles. The van der Waals surface area contributed by atoms with E-state index in [-0.39, 0.29) is 24.8 Å². The minimum atomic E-state index is -3.85. The Balaban J connectivity index is 2.05. The van der Waals surface area contributed by atoms with Crippen LogP contribution < -0.4 is 0 Å². The smallest absolute Gasteiger partial charge is 0.222 e. The topological polar surface area (TPSA) is 70.8 Å². The number of sulfone groups is 1. The average Bonchev–Trinajstić information content (AvgIpc) is 3.03. The molecule has 3 aromatic rings. The van der Waals surface area contributed by atoms with Crippen LogP contribution in [0.3, 0.4) is 0 Å². The summed E-state index contributed by atoms with van der Waals surface area (Å²) >= 11 is 7.13. The molecule has 3 rings (SSSR count). The molecule has 0 spiro atoms. The van der Waals surface area contributed by atoms with Crippen LogP contribution in [0, 0.1) is 18.3 Å². The fraction of sp³-hybridized carbons (Fsp3) is 0.0526. The molecule has 2 aromatic carbocycles. The minimum absolute atomic E-state index is 0.0368. The van der Waals surface area contributed by atoms with Crippen molar-refractivity contribution >= 4 is 44.4 Å². The highest BCUT2D eigenvalue weighted by molar-refractivity contribution is 7.91. The molecule has 130 valence electrons. The Labute approximate surface area is 160 Å². The molecule has 0 amide bonds. The molecule has 0 saturated heterocycles. The van der Waals surface area contributed by atoms with Gasteiger partial charge in [-0.1, -0.05) is 71.0 Å². The molecule has 0 N–H and O–H groups in total. The number of allylic oxidation sites excluding steroid dienone is 1. The SMILES string of the molecule is Cc1ccc(S(=O)(=O)c2nc(/C(C#N)=C\c3ccccc3)sc2Cl)cc1. The Morgan fingerprint density at radius 3 is 2.42 bits per heavy atom. The fourth-order valence-electron chi connectivity index (χ4n) is 2.26. The first kappa shape index (κ1) is 18.3. The Bertz CT molecular complexity index is 1110. The molecular formula is C19H13ClN2O2S2. The molecule has 1 heterocycles. The van der Waals surface area contributed by atoms with Gasteiger partial charge in [0.05, 0.1) is 10.5 Å². The fourth-order valence-corrected chi connectivity index (χ4v) is 5.13. The van der Waals surface area contributed by atoms with Gasteiger partial charge < -0.3 is 0 Å². The third kappa shape index (κ3) is 3.70. The van der Waals surface area contributed by atoms with E-state index in [0.717, 1.165) is 22.5 Å². The summed E-state index contributed by atoms with van der Waals surface area (Å²) in [6, 6.07) is 17.8. The van der Waals surface area contributed by atoms with E-state index < -0.39 is 9.84 Å². The van der Waals surface area contributed by atoms with E-state index in [1.165, 1.54) is 12.1 Å². The Hall–Kier alpha value is -2.46. The van der Waals surface area contributed by atoms with Crippen LogP contribution in [-0.2, 0) is 9.84 Å². The number of halogens is 1. The molecule has 0 saturated carbocycles. The zero-order valence-corrected chi connectivity index (χ0v) is 16.1. The van der Waals surface area contributed by atoms with Crippen molar-refractivity contribution in [2.24, 2.45) is 0 Å². The van der Waals surface area contributed by atoms with Crippen LogP contribution in [-0.4, -0.2) is 13.4 Å². The van der Waals surface area contributed by atoms with Gasteiger partial charge >= 0.3 is 0 Å². The van der Waals surface area contributed by atoms with E-state index in [4.69, 9.17) is 11.6 Å². The highest BCUT2D eigenvalue weighted by atomic mass is 35.5. The van der Waals surface area contributed by atoms with Gasteiger partial charge in [0.1, 0.15) is 15.4 Å². The van der Waals surface area contributed by atoms with Gasteiger partial charge in [0.2, 0.25) is 9.84 Å². The van der Waals surface area contributed by atoms with E-state index in [2.05, 4.69) is 11.1 Å². The maximum Gasteiger partial charge on any atom is 0.226 e. The number of aryl methyl sites for hydroxylation is 1. The molecule has 1 aromatic heterocycles. The zero-order valence-electron chi connectivity index (χ0n) is 13.7. The van der Waals surface area contributed by atoms with Gasteiger partial charge in [-0.2, -0.15) is 5.26 Å². The summed E-state index contributed by atoms with van der Waals surface area (Å²) in [6.07, 6.45) is 1.65. The number of rotatable bonds is 4. The molecular weight excluding hydrogens is 388 g/mol. The van der Waals surface area contributed by atoms with Crippen molar-refractivity contribution in [1.29, 1.82) is 5.26 Å². The number of thiazole rings is 1. The summed E-state index contributed by atoms with van der Waals surface area (Å²) < 4.78 is 25.6. The number of nitrogens with zero attached hydrogens (tertiary/aromatic N) is 2. The van der Waals surface area contributed by atoms with Crippen LogP contribution in [0.1, 0.15) is 16.1 Å². The van der Waals surface area contributed by atoms with Crippen LogP contribution in [0.15, 0.2) is 64.5 Å². The summed E-state index contributed by atoms with van der Waals surface area (Å²) in [5, 5.41) is 9.49. The van der Waals surface area contributed by atoms with Gasteiger partial charge in [-0.3, -0.25) is 0 Å². The zero-order chi connectivity index (χ0) is 18.7. The second-order valence-electron chi connectivity index (χ2n) is 5.49. The van der Waals surface area contributed by atoms with E-state index in [1.807, 2.05) is 37.3 Å². The maximum atomic E-state index is 12.8. The molecule has 4 nitrogen and oxygen atoms in total. The third-order valence-corrected chi connectivity index (χ3v) is 6.83. The average molecular weight is 401 g/mol. The minimum Gasteiger partial charge on any atom is -0.222 e. The largest absolute Gasteiger partial charge is 0.226 e. The summed E-state index contributed by atoms with van der Waals surface area (Å²) in [6.45, 7) is 1.87. The van der Waals surface area contributed by atoms with Crippen molar-refractivity contribution in [3.05, 3.63) is 75.1 Å². The Morgan fingerprint density at radius 2 is 1.81 bits per heavy atom. The number of hydrogen-bond donors (Lipinski definition) is 0. The molecule has 0 bridgehead atoms. The number of hydrogen-bond acceptors (Lipinski definition) is 5. The van der Waals surface area contributed by atoms with Crippen LogP contribution >= 0.6 is 22.9 Å². The highest BCUT2D eigenvalue weighted by Crippen LogP contribution is 2.35. The molecule has 7 heteroatoms. The van der Waals surface area contributed by atoms with Crippen LogP contribution in [0.5, 0.6) is 0 Å². The lowest BCUT2D eigenvalue weighted by Crippen LogP contribution is -2.03. The summed E-state index contributed by atoms with van der Waals surface area (Å²) in [7, 11) is -3.85. The Kier molecular flexibility index (Phi) is 5.23. The van der Waals surface area contributed by atoms with Crippen molar-refractivity contribution in [2.75, 3.05) is 0 Å². The maximum absolute atomic E-state index is 12.8. The molecule has 26 heavy (non-hydrogen) atoms. The predicted octanol–water partition coefficient (Wildman–Crippen LogP) is 5.00. The van der Waals surface area contributed by atoms with Crippen molar-refractivity contribution < 1.29 is 8.42 Å². The first-order valence-corrected chi connectivity index (χ1v) is 10.2. The lowest BCUT2D eigenvalue weighted by Gasteiger charge is -2.02. The standard InChI is InChI=1S/C19H13ClN2O2S2/c1-13-7-9-16(10-8-13)26(23,24)19-17(20)25-18(22-19)15(12-21)11-14-5-3-2-4-6-14/h2-11H,1H3/b15-11-. The van der Waals surface area contributed by atoms with E-state index in [0.29, 0.717) is 0 Å². The second kappa shape index (κ2) is 7.42. The first-order chi connectivity index (χ1) is 12.4. The van der Waals surface area contributed by atoms with E-state index in [9.17, 15) is 13.7 Å². The van der Waals surface area contributed by atoms with Gasteiger partial charge in [-0.25, -0.2) is 13.4 Å². The molecule has 0 aliphatic rings. The van der Waals surface area contributed by atoms with Crippen molar-refractivity contribution in [2.45, 2.75) is 16.8 Å². The molecule has 0 radical (unpaired) electrons. The van der Waals surface area contributed by atoms with Crippen LogP contribution in [0.4, 0.5) is 0 Å². The third-order valence-electron chi connectivity index (χ3n) is 3.60. The van der Waals surface area contributed by atoms with Gasteiger partial charge in [-0.05, 0) is 30.7 Å². The van der Waals surface area contributed by atoms with Crippen LogP contribution in [0.2, 0.25) is 4.34 Å². The van der Waals surface area contributed by atoms with Gasteiger partial charge in [0, 0.05) is 0 Å². The Morgan fingerprint density at radius 1 is 1.15 bits per heavy atom. The molecule has 0 fully saturated rings. The number of nitriles is 1. The van der Waals surface area contributed by atoms with E-state index in [1.54, 1.807) is 18.2 Å². The second-order valence-corrected chi connectivity index (χ2v) is 8.96. The quantitative estimate of drug-likeness (QED) is 0.577. The number of aromatic nitrogens is 1. The van der Waals surface area contributed by atoms with Gasteiger partial charge in [0.15, 0.2) is 5.03 Å². The summed E-state index contributed by atoms with van der Waals surface area (Å²) in [5.41, 5.74) is 2.03. The highest BCUT2D eigenvalue weighted by Gasteiger charge is 2.26. The summed E-state index contributed by atoms with van der Waals surface area (Å²) in [5.74, 6) is 0. The van der Waals surface area contributed by atoms with Gasteiger partial charge in [0.25, 0.3) is 0 Å².